The molecule has 34 heavy (non-hydrogen) atoms. The molecule has 0 radical (unpaired) electrons. The molecule has 0 bridgehead atoms. The minimum atomic E-state index is -0.700. The lowest BCUT2D eigenvalue weighted by molar-refractivity contribution is 0.176. The molecule has 5 rings (SSSR count). The monoisotopic (exact) mass is 460 g/mol. The van der Waals surface area contributed by atoms with Gasteiger partial charge in [-0.3, -0.25) is 10.1 Å². The van der Waals surface area contributed by atoms with E-state index in [2.05, 4.69) is 25.2 Å². The molecule has 2 N–H and O–H groups in total. The maximum Gasteiger partial charge on any atom is 0.412 e. The summed E-state index contributed by atoms with van der Waals surface area (Å²) < 4.78 is 34.7. The zero-order chi connectivity index (χ0) is 23.8. The van der Waals surface area contributed by atoms with E-state index in [-0.39, 0.29) is 34.6 Å². The molecule has 1 aromatic heterocycles. The summed E-state index contributed by atoms with van der Waals surface area (Å²) in [4.78, 5) is 27.6. The molecule has 3 aromatic carbocycles. The molecule has 1 aliphatic heterocycles. The van der Waals surface area contributed by atoms with Gasteiger partial charge in [0.05, 0.1) is 18.2 Å². The number of amidine groups is 1. The van der Waals surface area contributed by atoms with Crippen LogP contribution in [0.4, 0.5) is 19.3 Å². The number of halogens is 2. The first-order valence-electron chi connectivity index (χ1n) is 10.4. The molecule has 0 saturated heterocycles. The van der Waals surface area contributed by atoms with Crippen LogP contribution in [-0.4, -0.2) is 29.2 Å². The summed E-state index contributed by atoms with van der Waals surface area (Å²) in [5, 5.41) is 10.3. The molecule has 4 aromatic rings. The topological polar surface area (TPSA) is 96.4 Å². The molecule has 0 atom stereocenters. The highest BCUT2D eigenvalue weighted by Crippen LogP contribution is 2.37. The Labute approximate surface area is 192 Å². The predicted octanol–water partition coefficient (Wildman–Crippen LogP) is 4.40. The highest BCUT2D eigenvalue weighted by molar-refractivity contribution is 6.01. The molecule has 170 valence electrons. The standard InChI is InChI=1S/C25H18F2N4O3/c1-34-25(33)29-21-12-14-7-8-16(22(27)23(14)28-21)18-10-13(6-9-19(18)26)11-20-15-4-2-3-5-17(15)24(32)31-30-20/h2-10H,11-12H2,1H3,(H,31,32)(H,28,29,33). The molecule has 0 aliphatic carbocycles. The van der Waals surface area contributed by atoms with Crippen molar-refractivity contribution in [3.8, 4) is 11.1 Å². The maximum atomic E-state index is 15.4. The fourth-order valence-corrected chi connectivity index (χ4v) is 4.06. The van der Waals surface area contributed by atoms with Crippen molar-refractivity contribution in [3.05, 3.63) is 93.4 Å². The number of aromatic amines is 1. The lowest BCUT2D eigenvalue weighted by Crippen LogP contribution is -2.30. The number of aliphatic imine (C=N–C) groups is 1. The van der Waals surface area contributed by atoms with E-state index in [1.807, 2.05) is 6.07 Å². The fourth-order valence-electron chi connectivity index (χ4n) is 4.06. The van der Waals surface area contributed by atoms with E-state index in [1.165, 1.54) is 19.2 Å². The first kappa shape index (κ1) is 21.4. The van der Waals surface area contributed by atoms with Crippen LogP contribution in [0.5, 0.6) is 0 Å². The number of rotatable bonds is 3. The second-order valence-corrected chi connectivity index (χ2v) is 7.82. The van der Waals surface area contributed by atoms with E-state index in [4.69, 9.17) is 0 Å². The van der Waals surface area contributed by atoms with Gasteiger partial charge in [0.1, 0.15) is 17.3 Å². The van der Waals surface area contributed by atoms with Crippen LogP contribution < -0.4 is 10.9 Å². The van der Waals surface area contributed by atoms with Gasteiger partial charge in [-0.05, 0) is 29.3 Å². The van der Waals surface area contributed by atoms with Gasteiger partial charge in [0.25, 0.3) is 5.56 Å². The molecule has 0 spiro atoms. The zero-order valence-corrected chi connectivity index (χ0v) is 18.0. The van der Waals surface area contributed by atoms with Crippen LogP contribution in [0.1, 0.15) is 16.8 Å². The minimum Gasteiger partial charge on any atom is -0.453 e. The number of nitrogens with zero attached hydrogens (tertiary/aromatic N) is 2. The van der Waals surface area contributed by atoms with Crippen LogP contribution in [0, 0.1) is 11.6 Å². The minimum absolute atomic E-state index is 0.0560. The Bertz CT molecular complexity index is 1550. The maximum absolute atomic E-state index is 15.4. The van der Waals surface area contributed by atoms with Crippen molar-refractivity contribution in [1.29, 1.82) is 0 Å². The van der Waals surface area contributed by atoms with Gasteiger partial charge in [0.2, 0.25) is 0 Å². The van der Waals surface area contributed by atoms with Gasteiger partial charge < -0.3 is 4.74 Å². The first-order valence-corrected chi connectivity index (χ1v) is 10.4. The quantitative estimate of drug-likeness (QED) is 0.474. The highest BCUT2D eigenvalue weighted by Gasteiger charge is 2.23. The second kappa shape index (κ2) is 8.51. The number of carbonyl (C=O) groups excluding carboxylic acids is 1. The van der Waals surface area contributed by atoms with Crippen LogP contribution in [0.2, 0.25) is 0 Å². The number of nitrogens with one attached hydrogen (secondary N) is 2. The van der Waals surface area contributed by atoms with Crippen molar-refractivity contribution in [2.24, 2.45) is 4.99 Å². The number of hydrogen-bond donors (Lipinski definition) is 2. The number of hydrogen-bond acceptors (Lipinski definition) is 5. The normalized spacial score (nSPS) is 12.4. The van der Waals surface area contributed by atoms with Crippen LogP contribution >= 0.6 is 0 Å². The third kappa shape index (κ3) is 3.81. The summed E-state index contributed by atoms with van der Waals surface area (Å²) in [5.74, 6) is -1.01. The summed E-state index contributed by atoms with van der Waals surface area (Å²) in [6.07, 6.45) is -0.160. The largest absolute Gasteiger partial charge is 0.453 e. The third-order valence-corrected chi connectivity index (χ3v) is 5.70. The molecule has 7 nitrogen and oxygen atoms in total. The van der Waals surface area contributed by atoms with Crippen molar-refractivity contribution in [3.63, 3.8) is 0 Å². The summed E-state index contributed by atoms with van der Waals surface area (Å²) in [5.41, 5.74) is 1.79. The molecule has 0 unspecified atom stereocenters. The van der Waals surface area contributed by atoms with E-state index >= 15 is 4.39 Å². The molecule has 9 heteroatoms. The Morgan fingerprint density at radius 1 is 1.09 bits per heavy atom. The summed E-state index contributed by atoms with van der Waals surface area (Å²) in [6.45, 7) is 0. The highest BCUT2D eigenvalue weighted by atomic mass is 19.1. The number of H-pyrrole nitrogens is 1. The Kier molecular flexibility index (Phi) is 5.37. The lowest BCUT2D eigenvalue weighted by atomic mass is 9.97. The summed E-state index contributed by atoms with van der Waals surface area (Å²) in [6, 6.07) is 14.7. The van der Waals surface area contributed by atoms with Crippen molar-refractivity contribution >= 4 is 28.4 Å². The number of fused-ring (bicyclic) bond motifs is 2. The van der Waals surface area contributed by atoms with Crippen LogP contribution in [0.15, 0.2) is 64.4 Å². The van der Waals surface area contributed by atoms with Gasteiger partial charge in [-0.15, -0.1) is 0 Å². The second-order valence-electron chi connectivity index (χ2n) is 7.82. The summed E-state index contributed by atoms with van der Waals surface area (Å²) >= 11 is 0. The van der Waals surface area contributed by atoms with Gasteiger partial charge in [-0.25, -0.2) is 23.7 Å². The fraction of sp³-hybridized carbons (Fsp3) is 0.120. The van der Waals surface area contributed by atoms with Crippen molar-refractivity contribution in [2.75, 3.05) is 7.11 Å². The third-order valence-electron chi connectivity index (χ3n) is 5.70. The molecule has 1 amide bonds. The first-order chi connectivity index (χ1) is 16.4. The van der Waals surface area contributed by atoms with Crippen molar-refractivity contribution in [1.82, 2.24) is 15.5 Å². The molecular formula is C25H18F2N4O3. The molecular weight excluding hydrogens is 442 g/mol. The number of ether oxygens (including phenoxy) is 1. The molecule has 0 fully saturated rings. The van der Waals surface area contributed by atoms with Gasteiger partial charge in [0, 0.05) is 29.4 Å². The number of amides is 1. The van der Waals surface area contributed by atoms with Gasteiger partial charge >= 0.3 is 6.09 Å². The SMILES string of the molecule is COC(=O)NC1=Nc2c(ccc(-c3cc(Cc4n[nH]c(=O)c5ccccc45)ccc3F)c2F)C1. The van der Waals surface area contributed by atoms with E-state index in [0.29, 0.717) is 34.0 Å². The average Bonchev–Trinajstić information content (AvgIpc) is 3.26. The average molecular weight is 460 g/mol. The van der Waals surface area contributed by atoms with E-state index in [9.17, 15) is 14.0 Å². The van der Waals surface area contributed by atoms with Crippen molar-refractivity contribution in [2.45, 2.75) is 12.8 Å². The van der Waals surface area contributed by atoms with Gasteiger partial charge in [0.15, 0.2) is 5.82 Å². The summed E-state index contributed by atoms with van der Waals surface area (Å²) in [7, 11) is 1.22. The van der Waals surface area contributed by atoms with E-state index in [0.717, 1.165) is 0 Å². The number of methoxy groups -OCH3 is 1. The van der Waals surface area contributed by atoms with Crippen LogP contribution in [-0.2, 0) is 17.6 Å². The van der Waals surface area contributed by atoms with Crippen LogP contribution in [0.3, 0.4) is 0 Å². The number of benzene rings is 3. The number of carbonyl (C=O) groups is 1. The Morgan fingerprint density at radius 3 is 2.68 bits per heavy atom. The Balaban J connectivity index is 1.52. The lowest BCUT2D eigenvalue weighted by Gasteiger charge is -2.11. The van der Waals surface area contributed by atoms with Gasteiger partial charge in [-0.2, -0.15) is 5.10 Å². The zero-order valence-electron chi connectivity index (χ0n) is 18.0. The van der Waals surface area contributed by atoms with Crippen LogP contribution in [0.25, 0.3) is 21.9 Å². The Morgan fingerprint density at radius 2 is 1.88 bits per heavy atom. The number of aromatic nitrogens is 2. The molecule has 0 saturated carbocycles. The smallest absolute Gasteiger partial charge is 0.412 e. The van der Waals surface area contributed by atoms with E-state index in [1.54, 1.807) is 36.4 Å². The number of alkyl carbamates (subject to hydrolysis) is 1. The van der Waals surface area contributed by atoms with Crippen molar-refractivity contribution < 1.29 is 18.3 Å². The van der Waals surface area contributed by atoms with Gasteiger partial charge in [-0.1, -0.05) is 36.4 Å². The van der Waals surface area contributed by atoms with E-state index < -0.39 is 17.7 Å². The molecule has 1 aliphatic rings. The Hall–Kier alpha value is -4.40. The molecule has 2 heterocycles. The predicted molar refractivity (Wildman–Crippen MR) is 123 cm³/mol.